The van der Waals surface area contributed by atoms with E-state index in [9.17, 15) is 9.59 Å². The number of piperidine rings is 1. The second-order valence-electron chi connectivity index (χ2n) is 10.7. The lowest BCUT2D eigenvalue weighted by Gasteiger charge is -2.33. The Bertz CT molecular complexity index is 1010. The van der Waals surface area contributed by atoms with Crippen molar-refractivity contribution in [3.05, 3.63) is 59.7 Å². The smallest absolute Gasteiger partial charge is 0.349 e. The average molecular weight is 523 g/mol. The minimum Gasteiger partial charge on any atom is -0.476 e. The second-order valence-corrected chi connectivity index (χ2v) is 10.7. The van der Waals surface area contributed by atoms with Crippen molar-refractivity contribution in [2.75, 3.05) is 24.6 Å². The van der Waals surface area contributed by atoms with E-state index in [1.54, 1.807) is 32.9 Å². The first kappa shape index (κ1) is 29.5. The van der Waals surface area contributed by atoms with Crippen LogP contribution in [0.1, 0.15) is 96.2 Å². The van der Waals surface area contributed by atoms with Gasteiger partial charge in [0.2, 0.25) is 5.91 Å². The van der Waals surface area contributed by atoms with Crippen LogP contribution in [-0.4, -0.2) is 37.2 Å². The first-order chi connectivity index (χ1) is 18.3. The third-order valence-electron chi connectivity index (χ3n) is 7.12. The molecule has 6 heteroatoms. The number of anilines is 1. The molecule has 1 amide bonds. The number of rotatable bonds is 14. The van der Waals surface area contributed by atoms with Gasteiger partial charge in [-0.25, -0.2) is 4.79 Å². The Hall–Kier alpha value is -3.02. The molecule has 6 nitrogen and oxygen atoms in total. The van der Waals surface area contributed by atoms with Crippen molar-refractivity contribution in [1.82, 2.24) is 5.32 Å². The Kier molecular flexibility index (Phi) is 11.5. The Morgan fingerprint density at radius 2 is 1.66 bits per heavy atom. The molecule has 1 atom stereocenters. The van der Waals surface area contributed by atoms with Gasteiger partial charge in [0, 0.05) is 18.8 Å². The zero-order chi connectivity index (χ0) is 27.4. The molecule has 0 radical (unpaired) electrons. The van der Waals surface area contributed by atoms with Crippen LogP contribution < -0.4 is 15.0 Å². The number of benzene rings is 2. The summed E-state index contributed by atoms with van der Waals surface area (Å²) < 4.78 is 11.0. The summed E-state index contributed by atoms with van der Waals surface area (Å²) in [6, 6.07) is 16.0. The molecule has 2 aromatic carbocycles. The highest BCUT2D eigenvalue weighted by atomic mass is 16.6. The van der Waals surface area contributed by atoms with Crippen molar-refractivity contribution >= 4 is 17.6 Å². The molecule has 1 heterocycles. The Labute approximate surface area is 229 Å². The quantitative estimate of drug-likeness (QED) is 0.219. The molecule has 1 fully saturated rings. The molecule has 38 heavy (non-hydrogen) atoms. The number of carbonyl (C=O) groups excluding carboxylic acids is 2. The molecule has 1 N–H and O–H groups in total. The van der Waals surface area contributed by atoms with Crippen LogP contribution in [0.3, 0.4) is 0 Å². The number of hydrogen-bond acceptors (Lipinski definition) is 5. The van der Waals surface area contributed by atoms with E-state index in [4.69, 9.17) is 9.47 Å². The van der Waals surface area contributed by atoms with Crippen molar-refractivity contribution in [1.29, 1.82) is 0 Å². The summed E-state index contributed by atoms with van der Waals surface area (Å²) in [6.45, 7) is 9.84. The molecule has 1 saturated heterocycles. The maximum Gasteiger partial charge on any atom is 0.349 e. The van der Waals surface area contributed by atoms with Crippen molar-refractivity contribution in [2.45, 2.75) is 97.1 Å². The van der Waals surface area contributed by atoms with Gasteiger partial charge in [0.1, 0.15) is 5.75 Å². The van der Waals surface area contributed by atoms with Gasteiger partial charge in [0.15, 0.2) is 5.60 Å². The van der Waals surface area contributed by atoms with Gasteiger partial charge >= 0.3 is 5.97 Å². The minimum absolute atomic E-state index is 0.00883. The maximum absolute atomic E-state index is 13.2. The van der Waals surface area contributed by atoms with E-state index in [2.05, 4.69) is 41.4 Å². The summed E-state index contributed by atoms with van der Waals surface area (Å²) in [6.07, 6.45) is 9.64. The molecule has 3 rings (SSSR count). The van der Waals surface area contributed by atoms with E-state index in [0.717, 1.165) is 31.5 Å². The zero-order valence-corrected chi connectivity index (χ0v) is 23.8. The predicted molar refractivity (Wildman–Crippen MR) is 154 cm³/mol. The summed E-state index contributed by atoms with van der Waals surface area (Å²) in [7, 11) is 0. The molecule has 208 valence electrons. The van der Waals surface area contributed by atoms with Gasteiger partial charge in [0.05, 0.1) is 19.1 Å². The average Bonchev–Trinajstić information content (AvgIpc) is 2.92. The summed E-state index contributed by atoms with van der Waals surface area (Å²) in [5, 5.41) is 3.36. The highest BCUT2D eigenvalue weighted by molar-refractivity contribution is 5.80. The van der Waals surface area contributed by atoms with E-state index in [1.807, 2.05) is 12.1 Å². The van der Waals surface area contributed by atoms with Crippen molar-refractivity contribution < 1.29 is 19.1 Å². The first-order valence-corrected chi connectivity index (χ1v) is 14.4. The molecular formula is C32H46N2O4. The van der Waals surface area contributed by atoms with E-state index < -0.39 is 11.6 Å². The summed E-state index contributed by atoms with van der Waals surface area (Å²) >= 11 is 0. The van der Waals surface area contributed by atoms with Crippen LogP contribution in [-0.2, 0) is 20.7 Å². The van der Waals surface area contributed by atoms with E-state index in [-0.39, 0.29) is 11.9 Å². The van der Waals surface area contributed by atoms with Gasteiger partial charge in [-0.3, -0.25) is 4.79 Å². The number of para-hydroxylation sites is 1. The predicted octanol–water partition coefficient (Wildman–Crippen LogP) is 6.77. The van der Waals surface area contributed by atoms with Gasteiger partial charge in [-0.05, 0) is 75.8 Å². The lowest BCUT2D eigenvalue weighted by atomic mass is 9.96. The van der Waals surface area contributed by atoms with Crippen molar-refractivity contribution in [2.24, 2.45) is 0 Å². The molecule has 0 bridgehead atoms. The zero-order valence-electron chi connectivity index (χ0n) is 23.8. The fourth-order valence-electron chi connectivity index (χ4n) is 5.03. The van der Waals surface area contributed by atoms with Crippen molar-refractivity contribution in [3.8, 4) is 5.75 Å². The number of ether oxygens (including phenoxy) is 2. The third kappa shape index (κ3) is 8.78. The van der Waals surface area contributed by atoms with Gasteiger partial charge in [-0.1, -0.05) is 62.9 Å². The van der Waals surface area contributed by atoms with Crippen LogP contribution in [0.4, 0.5) is 5.69 Å². The number of amides is 1. The van der Waals surface area contributed by atoms with Gasteiger partial charge in [-0.15, -0.1) is 0 Å². The second kappa shape index (κ2) is 14.8. The topological polar surface area (TPSA) is 67.9 Å². The Morgan fingerprint density at radius 3 is 2.34 bits per heavy atom. The van der Waals surface area contributed by atoms with Crippen LogP contribution >= 0.6 is 0 Å². The SMILES string of the molecule is CCCCCCC(NC(=O)Cc1ccc(OC(C)(C)C(=O)OCC)cc1)c1ccccc1N1CCCCC1. The summed E-state index contributed by atoms with van der Waals surface area (Å²) in [5.74, 6) is 0.175. The Morgan fingerprint density at radius 1 is 0.947 bits per heavy atom. The molecule has 1 aliphatic heterocycles. The van der Waals surface area contributed by atoms with Crippen LogP contribution in [0.5, 0.6) is 5.75 Å². The van der Waals surface area contributed by atoms with Gasteiger partial charge in [0.25, 0.3) is 0 Å². The third-order valence-corrected chi connectivity index (χ3v) is 7.12. The highest BCUT2D eigenvalue weighted by Gasteiger charge is 2.31. The van der Waals surface area contributed by atoms with Crippen molar-refractivity contribution in [3.63, 3.8) is 0 Å². The highest BCUT2D eigenvalue weighted by Crippen LogP contribution is 2.32. The van der Waals surface area contributed by atoms with Crippen LogP contribution in [0.15, 0.2) is 48.5 Å². The van der Waals surface area contributed by atoms with Gasteiger partial charge < -0.3 is 19.7 Å². The lowest BCUT2D eigenvalue weighted by Crippen LogP contribution is -2.39. The number of nitrogens with one attached hydrogen (secondary N) is 1. The lowest BCUT2D eigenvalue weighted by molar-refractivity contribution is -0.158. The number of nitrogens with zero attached hydrogens (tertiary/aromatic N) is 1. The summed E-state index contributed by atoms with van der Waals surface area (Å²) in [5.41, 5.74) is 2.31. The molecule has 0 aliphatic carbocycles. The normalized spacial score (nSPS) is 14.6. The largest absolute Gasteiger partial charge is 0.476 e. The minimum atomic E-state index is -1.08. The molecule has 2 aromatic rings. The van der Waals surface area contributed by atoms with Crippen LogP contribution in [0.25, 0.3) is 0 Å². The van der Waals surface area contributed by atoms with Gasteiger partial charge in [-0.2, -0.15) is 0 Å². The van der Waals surface area contributed by atoms with Crippen LogP contribution in [0.2, 0.25) is 0 Å². The number of esters is 1. The molecule has 1 unspecified atom stereocenters. The molecule has 0 saturated carbocycles. The molecule has 0 spiro atoms. The monoisotopic (exact) mass is 522 g/mol. The fraction of sp³-hybridized carbons (Fsp3) is 0.562. The fourth-order valence-corrected chi connectivity index (χ4v) is 5.03. The Balaban J connectivity index is 1.68. The molecule has 0 aromatic heterocycles. The number of carbonyl (C=O) groups is 2. The number of hydrogen-bond donors (Lipinski definition) is 1. The first-order valence-electron chi connectivity index (χ1n) is 14.4. The van der Waals surface area contributed by atoms with E-state index in [1.165, 1.54) is 49.8 Å². The van der Waals surface area contributed by atoms with E-state index >= 15 is 0 Å². The maximum atomic E-state index is 13.2. The number of unbranched alkanes of at least 4 members (excludes halogenated alkanes) is 3. The van der Waals surface area contributed by atoms with E-state index in [0.29, 0.717) is 18.8 Å². The standard InChI is InChI=1S/C32H46N2O4/c1-5-7-8-10-16-28(27-15-11-12-17-29(27)34-22-13-9-14-23-34)33-30(35)24-25-18-20-26(21-19-25)38-32(3,4)31(36)37-6-2/h11-12,15,17-21,28H,5-10,13-14,16,22-24H2,1-4H3,(H,33,35). The van der Waals surface area contributed by atoms with Crippen LogP contribution in [0, 0.1) is 0 Å². The summed E-state index contributed by atoms with van der Waals surface area (Å²) in [4.78, 5) is 27.9. The molecular weight excluding hydrogens is 476 g/mol. The molecule has 1 aliphatic rings.